The third-order valence-electron chi connectivity index (χ3n) is 6.60. The first-order valence-electron chi connectivity index (χ1n) is 9.90. The Morgan fingerprint density at radius 1 is 1.28 bits per heavy atom. The molecule has 1 saturated heterocycles. The second kappa shape index (κ2) is 7.08. The van der Waals surface area contributed by atoms with E-state index in [2.05, 4.69) is 21.7 Å². The van der Waals surface area contributed by atoms with Gasteiger partial charge in [-0.2, -0.15) is 5.26 Å². The highest BCUT2D eigenvalue weighted by Gasteiger charge is 2.62. The Balaban J connectivity index is 1.25. The van der Waals surface area contributed by atoms with Crippen LogP contribution in [-0.2, 0) is 11.2 Å². The summed E-state index contributed by atoms with van der Waals surface area (Å²) >= 11 is 5.79. The average Bonchev–Trinajstić information content (AvgIpc) is 3.32. The molecule has 1 aliphatic heterocycles. The summed E-state index contributed by atoms with van der Waals surface area (Å²) in [6, 6.07) is 9.84. The monoisotopic (exact) mass is 410 g/mol. The molecule has 0 spiro atoms. The fourth-order valence-corrected chi connectivity index (χ4v) is 5.19. The lowest BCUT2D eigenvalue weighted by atomic mass is 9.96. The van der Waals surface area contributed by atoms with Crippen molar-refractivity contribution >= 4 is 17.5 Å². The molecule has 2 heterocycles. The van der Waals surface area contributed by atoms with Crippen LogP contribution in [0.4, 0.5) is 4.39 Å². The molecule has 2 aliphatic carbocycles. The van der Waals surface area contributed by atoms with E-state index in [-0.39, 0.29) is 18.4 Å². The third-order valence-corrected chi connectivity index (χ3v) is 6.82. The van der Waals surface area contributed by atoms with Crippen molar-refractivity contribution in [3.05, 3.63) is 53.1 Å². The molecule has 2 bridgehead atoms. The average molecular weight is 411 g/mol. The van der Waals surface area contributed by atoms with Gasteiger partial charge in [0, 0.05) is 24.2 Å². The summed E-state index contributed by atoms with van der Waals surface area (Å²) in [5.74, 6) is 1.25. The number of hydrogen-bond donors (Lipinski definition) is 2. The molecule has 3 aliphatic rings. The van der Waals surface area contributed by atoms with E-state index in [1.807, 2.05) is 0 Å². The van der Waals surface area contributed by atoms with E-state index in [0.717, 1.165) is 17.9 Å². The van der Waals surface area contributed by atoms with Crippen molar-refractivity contribution in [2.75, 3.05) is 0 Å². The first-order chi connectivity index (χ1) is 14.0. The smallest absolute Gasteiger partial charge is 0.238 e. The van der Waals surface area contributed by atoms with E-state index in [9.17, 15) is 14.4 Å². The van der Waals surface area contributed by atoms with Gasteiger partial charge in [0.2, 0.25) is 5.91 Å². The Labute approximate surface area is 173 Å². The molecule has 29 heavy (non-hydrogen) atoms. The number of nitriles is 1. The predicted molar refractivity (Wildman–Crippen MR) is 106 cm³/mol. The molecule has 1 amide bonds. The fraction of sp³-hybridized carbons (Fsp3) is 0.409. The van der Waals surface area contributed by atoms with E-state index in [1.54, 1.807) is 30.5 Å². The maximum atomic E-state index is 14.6. The summed E-state index contributed by atoms with van der Waals surface area (Å²) in [7, 11) is 0. The van der Waals surface area contributed by atoms with Crippen molar-refractivity contribution in [3.8, 4) is 17.2 Å². The topological polar surface area (TPSA) is 77.8 Å². The van der Waals surface area contributed by atoms with Gasteiger partial charge in [0.05, 0.1) is 12.1 Å². The van der Waals surface area contributed by atoms with E-state index in [0.29, 0.717) is 34.2 Å². The first-order valence-corrected chi connectivity index (χ1v) is 10.3. The number of rotatable bonds is 5. The molecule has 2 N–H and O–H groups in total. The van der Waals surface area contributed by atoms with Gasteiger partial charge in [-0.3, -0.25) is 4.79 Å². The van der Waals surface area contributed by atoms with Gasteiger partial charge in [0.1, 0.15) is 17.0 Å². The van der Waals surface area contributed by atoms with Gasteiger partial charge in [-0.15, -0.1) is 0 Å². The van der Waals surface area contributed by atoms with E-state index in [1.165, 1.54) is 12.5 Å². The highest BCUT2D eigenvalue weighted by molar-refractivity contribution is 6.29. The lowest BCUT2D eigenvalue weighted by Crippen LogP contribution is -2.51. The van der Waals surface area contributed by atoms with E-state index >= 15 is 0 Å². The van der Waals surface area contributed by atoms with Crippen molar-refractivity contribution in [1.82, 2.24) is 15.6 Å². The second-order valence-electron chi connectivity index (χ2n) is 8.28. The van der Waals surface area contributed by atoms with Crippen LogP contribution >= 0.6 is 11.6 Å². The van der Waals surface area contributed by atoms with Crippen molar-refractivity contribution in [1.29, 1.82) is 5.26 Å². The molecule has 1 aromatic carbocycles. The minimum absolute atomic E-state index is 0.125. The summed E-state index contributed by atoms with van der Waals surface area (Å²) < 4.78 is 14.6. The zero-order valence-corrected chi connectivity index (χ0v) is 16.4. The Bertz CT molecular complexity index is 1000. The number of nitrogens with zero attached hydrogens (tertiary/aromatic N) is 2. The number of pyridine rings is 1. The van der Waals surface area contributed by atoms with Crippen molar-refractivity contribution in [3.63, 3.8) is 0 Å². The zero-order chi connectivity index (χ0) is 20.1. The van der Waals surface area contributed by atoms with Crippen molar-refractivity contribution in [2.24, 2.45) is 17.8 Å². The van der Waals surface area contributed by atoms with Crippen LogP contribution in [0.15, 0.2) is 36.5 Å². The fourth-order valence-electron chi connectivity index (χ4n) is 5.08. The number of amides is 1. The van der Waals surface area contributed by atoms with Crippen LogP contribution in [0.1, 0.15) is 18.4 Å². The maximum Gasteiger partial charge on any atom is 0.238 e. The number of piperidine rings is 1. The zero-order valence-electron chi connectivity index (χ0n) is 15.6. The summed E-state index contributed by atoms with van der Waals surface area (Å²) in [6.07, 6.45) is 3.98. The Morgan fingerprint density at radius 3 is 2.76 bits per heavy atom. The van der Waals surface area contributed by atoms with E-state index in [4.69, 9.17) is 11.6 Å². The Morgan fingerprint density at radius 2 is 2.10 bits per heavy atom. The quantitative estimate of drug-likeness (QED) is 0.742. The van der Waals surface area contributed by atoms with Gasteiger partial charge in [-0.25, -0.2) is 9.37 Å². The van der Waals surface area contributed by atoms with Gasteiger partial charge in [0.25, 0.3) is 0 Å². The van der Waals surface area contributed by atoms with E-state index < -0.39 is 11.9 Å². The van der Waals surface area contributed by atoms with Crippen molar-refractivity contribution in [2.45, 2.75) is 37.4 Å². The molecule has 1 aromatic heterocycles. The summed E-state index contributed by atoms with van der Waals surface area (Å²) in [5.41, 5.74) is 1.83. The van der Waals surface area contributed by atoms with Crippen LogP contribution in [0.25, 0.3) is 11.1 Å². The molecule has 5 rings (SSSR count). The largest absolute Gasteiger partial charge is 0.339 e. The number of hydrogen-bond acceptors (Lipinski definition) is 4. The second-order valence-corrected chi connectivity index (χ2v) is 8.67. The normalized spacial score (nSPS) is 29.8. The highest BCUT2D eigenvalue weighted by Crippen LogP contribution is 2.59. The molecule has 2 aromatic rings. The number of halogens is 2. The molecule has 5 nitrogen and oxygen atoms in total. The molecule has 3 fully saturated rings. The molecule has 0 unspecified atom stereocenters. The number of nitrogens with one attached hydrogen (secondary N) is 2. The van der Waals surface area contributed by atoms with Crippen LogP contribution in [0.2, 0.25) is 5.15 Å². The summed E-state index contributed by atoms with van der Waals surface area (Å²) in [4.78, 5) is 16.7. The summed E-state index contributed by atoms with van der Waals surface area (Å²) in [5, 5.41) is 16.1. The number of carbonyl (C=O) groups is 1. The number of carbonyl (C=O) groups excluding carboxylic acids is 1. The molecular weight excluding hydrogens is 391 g/mol. The molecule has 7 heteroatoms. The van der Waals surface area contributed by atoms with Gasteiger partial charge in [-0.05, 0) is 59.9 Å². The van der Waals surface area contributed by atoms with Crippen LogP contribution in [0, 0.1) is 34.9 Å². The Hall–Kier alpha value is -2.49. The number of aromatic nitrogens is 1. The standard InChI is InChI=1S/C22H20ClFN4O/c23-20-4-3-13(10-26-20)11-1-2-12(18(24)6-11)5-14(9-25)27-22(29)21-17-8-19(28-21)16-7-15(16)17/h1-4,6,10,14-17,19,21,28H,5,7-8H2,(H,27,29)/t14-,15+,16-,17+,19-,21-/m0/s1. The summed E-state index contributed by atoms with van der Waals surface area (Å²) in [6.45, 7) is 0. The first kappa shape index (κ1) is 18.5. The van der Waals surface area contributed by atoms with Crippen molar-refractivity contribution < 1.29 is 9.18 Å². The molecule has 6 atom stereocenters. The third kappa shape index (κ3) is 3.39. The molecule has 148 valence electrons. The minimum atomic E-state index is -0.768. The lowest BCUT2D eigenvalue weighted by molar-refractivity contribution is -0.124. The molecular formula is C22H20ClFN4O. The van der Waals surface area contributed by atoms with Gasteiger partial charge in [-0.1, -0.05) is 23.7 Å². The lowest BCUT2D eigenvalue weighted by Gasteiger charge is -2.23. The number of benzene rings is 1. The predicted octanol–water partition coefficient (Wildman–Crippen LogP) is 3.09. The SMILES string of the molecule is N#C[C@H](Cc1ccc(-c2ccc(Cl)nc2)cc1F)NC(=O)[C@H]1N[C@H]2C[C@@H]1[C@@H]1C[C@@H]12. The van der Waals surface area contributed by atoms with Crippen LogP contribution in [0.5, 0.6) is 0 Å². The van der Waals surface area contributed by atoms with Gasteiger partial charge < -0.3 is 10.6 Å². The van der Waals surface area contributed by atoms with Gasteiger partial charge >= 0.3 is 0 Å². The van der Waals surface area contributed by atoms with Crippen LogP contribution in [-0.4, -0.2) is 29.0 Å². The van der Waals surface area contributed by atoms with Crippen LogP contribution < -0.4 is 10.6 Å². The maximum absolute atomic E-state index is 14.6. The molecule has 2 saturated carbocycles. The number of fused-ring (bicyclic) bond motifs is 5. The minimum Gasteiger partial charge on any atom is -0.339 e. The van der Waals surface area contributed by atoms with Crippen LogP contribution in [0.3, 0.4) is 0 Å². The highest BCUT2D eigenvalue weighted by atomic mass is 35.5. The van der Waals surface area contributed by atoms with Gasteiger partial charge in [0.15, 0.2) is 0 Å². The molecule has 0 radical (unpaired) electrons. The Kier molecular flexibility index (Phi) is 4.53.